The molecule has 0 radical (unpaired) electrons. The molecule has 0 aliphatic heterocycles. The van der Waals surface area contributed by atoms with Gasteiger partial charge >= 0.3 is 0 Å². The summed E-state index contributed by atoms with van der Waals surface area (Å²) in [6.07, 6.45) is 1.55. The Morgan fingerprint density at radius 2 is 2.20 bits per heavy atom. The molecule has 4 heteroatoms. The number of aryl methyl sites for hydroxylation is 1. The first-order chi connectivity index (χ1) is 7.22. The molecule has 15 heavy (non-hydrogen) atoms. The maximum absolute atomic E-state index is 13.7. The normalized spacial score (nSPS) is 10.3. The molecule has 0 spiro atoms. The Morgan fingerprint density at radius 3 is 2.80 bits per heavy atom. The second kappa shape index (κ2) is 3.73. The smallest absolute Gasteiger partial charge is 0.229 e. The van der Waals surface area contributed by atoms with Crippen LogP contribution < -0.4 is 4.74 Å². The molecule has 1 aromatic heterocycles. The SMILES string of the molecule is COc1cccc(-c2ncc(C)o2)c1F. The molecule has 0 aliphatic rings. The van der Waals surface area contributed by atoms with Crippen molar-refractivity contribution in [3.8, 4) is 17.2 Å². The van der Waals surface area contributed by atoms with Crippen LogP contribution in [0.1, 0.15) is 5.76 Å². The van der Waals surface area contributed by atoms with E-state index in [-0.39, 0.29) is 11.6 Å². The Balaban J connectivity index is 2.53. The highest BCUT2D eigenvalue weighted by Crippen LogP contribution is 2.28. The van der Waals surface area contributed by atoms with Gasteiger partial charge in [-0.05, 0) is 19.1 Å². The molecule has 2 rings (SSSR count). The maximum atomic E-state index is 13.7. The molecule has 1 heterocycles. The highest BCUT2D eigenvalue weighted by molar-refractivity contribution is 5.57. The lowest BCUT2D eigenvalue weighted by molar-refractivity contribution is 0.386. The van der Waals surface area contributed by atoms with E-state index in [4.69, 9.17) is 9.15 Å². The van der Waals surface area contributed by atoms with Crippen LogP contribution in [0.3, 0.4) is 0 Å². The van der Waals surface area contributed by atoms with Gasteiger partial charge in [-0.2, -0.15) is 0 Å². The van der Waals surface area contributed by atoms with Crippen molar-refractivity contribution in [2.75, 3.05) is 7.11 Å². The molecule has 0 atom stereocenters. The van der Waals surface area contributed by atoms with Gasteiger partial charge in [0.1, 0.15) is 5.76 Å². The van der Waals surface area contributed by atoms with Crippen molar-refractivity contribution in [2.45, 2.75) is 6.92 Å². The summed E-state index contributed by atoms with van der Waals surface area (Å²) >= 11 is 0. The lowest BCUT2D eigenvalue weighted by Crippen LogP contribution is -1.90. The summed E-state index contributed by atoms with van der Waals surface area (Å²) < 4.78 is 23.9. The van der Waals surface area contributed by atoms with Gasteiger partial charge in [0, 0.05) is 0 Å². The molecular weight excluding hydrogens is 197 g/mol. The summed E-state index contributed by atoms with van der Waals surface area (Å²) in [5, 5.41) is 0. The molecule has 0 bridgehead atoms. The number of hydrogen-bond acceptors (Lipinski definition) is 3. The number of benzene rings is 1. The lowest BCUT2D eigenvalue weighted by Gasteiger charge is -2.03. The van der Waals surface area contributed by atoms with E-state index in [0.29, 0.717) is 11.3 Å². The van der Waals surface area contributed by atoms with Gasteiger partial charge < -0.3 is 9.15 Å². The molecule has 78 valence electrons. The molecule has 0 fully saturated rings. The fourth-order valence-electron chi connectivity index (χ4n) is 1.31. The number of oxazole rings is 1. The Labute approximate surface area is 86.5 Å². The van der Waals surface area contributed by atoms with E-state index in [0.717, 1.165) is 0 Å². The Kier molecular flexibility index (Phi) is 2.41. The average molecular weight is 207 g/mol. The monoisotopic (exact) mass is 207 g/mol. The first kappa shape index (κ1) is 9.71. The predicted molar refractivity (Wildman–Crippen MR) is 53.2 cm³/mol. The van der Waals surface area contributed by atoms with Crippen molar-refractivity contribution >= 4 is 0 Å². The minimum absolute atomic E-state index is 0.184. The van der Waals surface area contributed by atoms with Crippen molar-refractivity contribution in [3.63, 3.8) is 0 Å². The van der Waals surface area contributed by atoms with Crippen LogP contribution >= 0.6 is 0 Å². The van der Waals surface area contributed by atoms with Crippen molar-refractivity contribution in [1.29, 1.82) is 0 Å². The standard InChI is InChI=1S/C11H10FNO2/c1-7-6-13-11(15-7)8-4-3-5-9(14-2)10(8)12/h3-6H,1-2H3. The quantitative estimate of drug-likeness (QED) is 0.759. The van der Waals surface area contributed by atoms with Crippen LogP contribution in [-0.4, -0.2) is 12.1 Å². The van der Waals surface area contributed by atoms with E-state index < -0.39 is 5.82 Å². The minimum Gasteiger partial charge on any atom is -0.494 e. The van der Waals surface area contributed by atoms with E-state index in [1.807, 2.05) is 0 Å². The van der Waals surface area contributed by atoms with Gasteiger partial charge in [-0.15, -0.1) is 0 Å². The van der Waals surface area contributed by atoms with E-state index >= 15 is 0 Å². The van der Waals surface area contributed by atoms with Crippen LogP contribution in [0.4, 0.5) is 4.39 Å². The van der Waals surface area contributed by atoms with Crippen LogP contribution in [0, 0.1) is 12.7 Å². The van der Waals surface area contributed by atoms with Gasteiger partial charge in [0.2, 0.25) is 5.89 Å². The van der Waals surface area contributed by atoms with Crippen molar-refractivity contribution in [2.24, 2.45) is 0 Å². The molecule has 1 aromatic carbocycles. The fourth-order valence-corrected chi connectivity index (χ4v) is 1.31. The number of methoxy groups -OCH3 is 1. The zero-order valence-electron chi connectivity index (χ0n) is 8.45. The molecule has 0 N–H and O–H groups in total. The van der Waals surface area contributed by atoms with Crippen LogP contribution in [0.15, 0.2) is 28.8 Å². The summed E-state index contributed by atoms with van der Waals surface area (Å²) in [7, 11) is 1.42. The number of ether oxygens (including phenoxy) is 1. The first-order valence-corrected chi connectivity index (χ1v) is 4.47. The zero-order valence-corrected chi connectivity index (χ0v) is 8.45. The van der Waals surface area contributed by atoms with Gasteiger partial charge in [-0.1, -0.05) is 6.07 Å². The fraction of sp³-hybridized carbons (Fsp3) is 0.182. The lowest BCUT2D eigenvalue weighted by atomic mass is 10.2. The molecule has 2 aromatic rings. The van der Waals surface area contributed by atoms with E-state index in [1.165, 1.54) is 7.11 Å². The second-order valence-corrected chi connectivity index (χ2v) is 3.10. The summed E-state index contributed by atoms with van der Waals surface area (Å²) in [6, 6.07) is 4.84. The van der Waals surface area contributed by atoms with Crippen LogP contribution in [0.2, 0.25) is 0 Å². The van der Waals surface area contributed by atoms with E-state index in [9.17, 15) is 4.39 Å². The van der Waals surface area contributed by atoms with Crippen LogP contribution in [0.25, 0.3) is 11.5 Å². The number of nitrogens with zero attached hydrogens (tertiary/aromatic N) is 1. The molecule has 0 unspecified atom stereocenters. The van der Waals surface area contributed by atoms with E-state index in [1.54, 1.807) is 31.3 Å². The average Bonchev–Trinajstić information content (AvgIpc) is 2.65. The van der Waals surface area contributed by atoms with Crippen LogP contribution in [-0.2, 0) is 0 Å². The highest BCUT2D eigenvalue weighted by Gasteiger charge is 2.13. The third-order valence-corrected chi connectivity index (χ3v) is 2.03. The molecule has 3 nitrogen and oxygen atoms in total. The largest absolute Gasteiger partial charge is 0.494 e. The minimum atomic E-state index is -0.457. The number of halogens is 1. The maximum Gasteiger partial charge on any atom is 0.229 e. The number of rotatable bonds is 2. The van der Waals surface area contributed by atoms with Gasteiger partial charge in [-0.25, -0.2) is 9.37 Å². The first-order valence-electron chi connectivity index (χ1n) is 4.47. The molecule has 0 amide bonds. The van der Waals surface area contributed by atoms with Gasteiger partial charge in [-0.3, -0.25) is 0 Å². The third-order valence-electron chi connectivity index (χ3n) is 2.03. The topological polar surface area (TPSA) is 35.3 Å². The van der Waals surface area contributed by atoms with Crippen LogP contribution in [0.5, 0.6) is 5.75 Å². The number of hydrogen-bond donors (Lipinski definition) is 0. The van der Waals surface area contributed by atoms with Gasteiger partial charge in [0.25, 0.3) is 0 Å². The predicted octanol–water partition coefficient (Wildman–Crippen LogP) is 2.80. The molecular formula is C11H10FNO2. The number of aromatic nitrogens is 1. The summed E-state index contributed by atoms with van der Waals surface area (Å²) in [4.78, 5) is 3.96. The highest BCUT2D eigenvalue weighted by atomic mass is 19.1. The van der Waals surface area contributed by atoms with Crippen molar-refractivity contribution < 1.29 is 13.5 Å². The molecule has 0 saturated carbocycles. The second-order valence-electron chi connectivity index (χ2n) is 3.10. The molecule has 0 aliphatic carbocycles. The van der Waals surface area contributed by atoms with Gasteiger partial charge in [0.15, 0.2) is 11.6 Å². The van der Waals surface area contributed by atoms with Gasteiger partial charge in [0.05, 0.1) is 18.9 Å². The Morgan fingerprint density at radius 1 is 1.40 bits per heavy atom. The third kappa shape index (κ3) is 1.70. The summed E-state index contributed by atoms with van der Waals surface area (Å²) in [6.45, 7) is 1.76. The molecule has 0 saturated heterocycles. The Bertz CT molecular complexity index is 479. The van der Waals surface area contributed by atoms with E-state index in [2.05, 4.69) is 4.98 Å². The zero-order chi connectivity index (χ0) is 10.8. The summed E-state index contributed by atoms with van der Waals surface area (Å²) in [5.74, 6) is 0.640. The summed E-state index contributed by atoms with van der Waals surface area (Å²) in [5.41, 5.74) is 0.308. The van der Waals surface area contributed by atoms with Crippen molar-refractivity contribution in [3.05, 3.63) is 36.0 Å². The Hall–Kier alpha value is -1.84. The van der Waals surface area contributed by atoms with Crippen molar-refractivity contribution in [1.82, 2.24) is 4.98 Å².